The minimum Gasteiger partial charge on any atom is -0.336 e. The largest absolute Gasteiger partial charge is 0.336 e. The highest BCUT2D eigenvalue weighted by molar-refractivity contribution is 9.10. The lowest BCUT2D eigenvalue weighted by Crippen LogP contribution is -2.21. The molecule has 12 heavy (non-hydrogen) atoms. The van der Waals surface area contributed by atoms with Crippen LogP contribution in [-0.4, -0.2) is 21.5 Å². The van der Waals surface area contributed by atoms with Gasteiger partial charge in [-0.1, -0.05) is 6.92 Å². The van der Waals surface area contributed by atoms with E-state index < -0.39 is 0 Å². The summed E-state index contributed by atoms with van der Waals surface area (Å²) < 4.78 is 0.843. The maximum atomic E-state index is 4.16. The SMILES string of the molecule is CC1(c2cnc(Br)[nH]2)CCSC1. The Hall–Kier alpha value is 0.0400. The fourth-order valence-electron chi connectivity index (χ4n) is 1.48. The number of hydrogen-bond donors (Lipinski definition) is 1. The minimum absolute atomic E-state index is 0.323. The predicted octanol–water partition coefficient (Wildman–Crippen LogP) is 2.57. The van der Waals surface area contributed by atoms with Crippen molar-refractivity contribution in [3.63, 3.8) is 0 Å². The molecule has 1 atom stereocenters. The van der Waals surface area contributed by atoms with Gasteiger partial charge in [-0.05, 0) is 28.1 Å². The van der Waals surface area contributed by atoms with Crippen LogP contribution in [0.1, 0.15) is 19.0 Å². The van der Waals surface area contributed by atoms with Crippen molar-refractivity contribution in [1.29, 1.82) is 0 Å². The number of rotatable bonds is 1. The number of aromatic amines is 1. The fraction of sp³-hybridized carbons (Fsp3) is 0.625. The Morgan fingerprint density at radius 1 is 1.75 bits per heavy atom. The smallest absolute Gasteiger partial charge is 0.174 e. The number of nitrogens with zero attached hydrogens (tertiary/aromatic N) is 1. The molecule has 66 valence electrons. The second-order valence-electron chi connectivity index (χ2n) is 3.45. The van der Waals surface area contributed by atoms with Gasteiger partial charge in [-0.25, -0.2) is 4.98 Å². The van der Waals surface area contributed by atoms with E-state index in [2.05, 4.69) is 32.8 Å². The zero-order valence-corrected chi connectivity index (χ0v) is 9.33. The molecule has 1 saturated heterocycles. The van der Waals surface area contributed by atoms with Crippen molar-refractivity contribution in [3.05, 3.63) is 16.6 Å². The van der Waals surface area contributed by atoms with Gasteiger partial charge in [-0.2, -0.15) is 11.8 Å². The summed E-state index contributed by atoms with van der Waals surface area (Å²) in [4.78, 5) is 7.41. The van der Waals surface area contributed by atoms with E-state index in [1.165, 1.54) is 23.6 Å². The number of nitrogens with one attached hydrogen (secondary N) is 1. The molecule has 0 aliphatic carbocycles. The van der Waals surface area contributed by atoms with Crippen molar-refractivity contribution in [1.82, 2.24) is 9.97 Å². The van der Waals surface area contributed by atoms with Crippen LogP contribution in [0.2, 0.25) is 0 Å². The second-order valence-corrected chi connectivity index (χ2v) is 5.31. The van der Waals surface area contributed by atoms with Gasteiger partial charge in [0.1, 0.15) is 0 Å². The van der Waals surface area contributed by atoms with Gasteiger partial charge in [-0.15, -0.1) is 0 Å². The van der Waals surface area contributed by atoms with Crippen molar-refractivity contribution in [2.24, 2.45) is 0 Å². The van der Waals surface area contributed by atoms with Crippen LogP contribution in [0.4, 0.5) is 0 Å². The first-order valence-electron chi connectivity index (χ1n) is 3.99. The summed E-state index contributed by atoms with van der Waals surface area (Å²) in [6.07, 6.45) is 3.20. The summed E-state index contributed by atoms with van der Waals surface area (Å²) in [7, 11) is 0. The molecule has 1 unspecified atom stereocenters. The van der Waals surface area contributed by atoms with Crippen molar-refractivity contribution in [2.75, 3.05) is 11.5 Å². The standard InChI is InChI=1S/C8H11BrN2S/c1-8(2-3-12-5-8)6-4-10-7(9)11-6/h4H,2-3,5H2,1H3,(H,10,11). The topological polar surface area (TPSA) is 28.7 Å². The molecule has 4 heteroatoms. The Morgan fingerprint density at radius 2 is 2.58 bits per heavy atom. The van der Waals surface area contributed by atoms with Gasteiger partial charge in [0, 0.05) is 23.1 Å². The first-order chi connectivity index (χ1) is 5.71. The van der Waals surface area contributed by atoms with Crippen molar-refractivity contribution < 1.29 is 0 Å². The lowest BCUT2D eigenvalue weighted by atomic mass is 9.87. The molecule has 1 aromatic rings. The molecule has 2 rings (SSSR count). The lowest BCUT2D eigenvalue weighted by molar-refractivity contribution is 0.525. The van der Waals surface area contributed by atoms with E-state index in [-0.39, 0.29) is 0 Å². The van der Waals surface area contributed by atoms with Crippen LogP contribution in [0.25, 0.3) is 0 Å². The van der Waals surface area contributed by atoms with Gasteiger partial charge in [-0.3, -0.25) is 0 Å². The third kappa shape index (κ3) is 1.42. The average Bonchev–Trinajstić information content (AvgIpc) is 2.59. The minimum atomic E-state index is 0.323. The average molecular weight is 247 g/mol. The highest BCUT2D eigenvalue weighted by atomic mass is 79.9. The van der Waals surface area contributed by atoms with Gasteiger partial charge >= 0.3 is 0 Å². The monoisotopic (exact) mass is 246 g/mol. The number of aromatic nitrogens is 2. The van der Waals surface area contributed by atoms with E-state index in [0.717, 1.165) is 4.73 Å². The Balaban J connectivity index is 2.28. The van der Waals surface area contributed by atoms with Crippen molar-refractivity contribution in [3.8, 4) is 0 Å². The van der Waals surface area contributed by atoms with Crippen LogP contribution in [0.15, 0.2) is 10.9 Å². The van der Waals surface area contributed by atoms with E-state index >= 15 is 0 Å². The van der Waals surface area contributed by atoms with E-state index in [4.69, 9.17) is 0 Å². The van der Waals surface area contributed by atoms with Crippen LogP contribution < -0.4 is 0 Å². The summed E-state index contributed by atoms with van der Waals surface area (Å²) in [5.74, 6) is 2.48. The van der Waals surface area contributed by atoms with E-state index in [1.54, 1.807) is 0 Å². The first kappa shape index (κ1) is 8.63. The maximum absolute atomic E-state index is 4.16. The number of H-pyrrole nitrogens is 1. The van der Waals surface area contributed by atoms with Gasteiger partial charge in [0.05, 0.1) is 0 Å². The summed E-state index contributed by atoms with van der Waals surface area (Å²) in [6, 6.07) is 0. The molecule has 0 amide bonds. The zero-order chi connectivity index (χ0) is 8.60. The quantitative estimate of drug-likeness (QED) is 0.826. The molecule has 1 aliphatic heterocycles. The first-order valence-corrected chi connectivity index (χ1v) is 5.94. The molecular weight excluding hydrogens is 236 g/mol. The normalized spacial score (nSPS) is 29.5. The van der Waals surface area contributed by atoms with E-state index in [9.17, 15) is 0 Å². The molecule has 1 aromatic heterocycles. The van der Waals surface area contributed by atoms with Gasteiger partial charge in [0.2, 0.25) is 0 Å². The Kier molecular flexibility index (Phi) is 2.21. The second kappa shape index (κ2) is 3.07. The third-order valence-corrected chi connectivity index (χ3v) is 4.15. The summed E-state index contributed by atoms with van der Waals surface area (Å²) in [5.41, 5.74) is 1.59. The number of thioether (sulfide) groups is 1. The molecule has 1 fully saturated rings. The maximum Gasteiger partial charge on any atom is 0.174 e. The van der Waals surface area contributed by atoms with Crippen LogP contribution in [-0.2, 0) is 5.41 Å². The lowest BCUT2D eigenvalue weighted by Gasteiger charge is -2.19. The fourth-order valence-corrected chi connectivity index (χ4v) is 3.29. The Morgan fingerprint density at radius 3 is 3.08 bits per heavy atom. The molecule has 2 nitrogen and oxygen atoms in total. The predicted molar refractivity (Wildman–Crippen MR) is 55.6 cm³/mol. The van der Waals surface area contributed by atoms with E-state index in [0.29, 0.717) is 5.41 Å². The summed E-state index contributed by atoms with van der Waals surface area (Å²) >= 11 is 5.35. The number of imidazole rings is 1. The zero-order valence-electron chi connectivity index (χ0n) is 6.93. The molecule has 1 aliphatic rings. The van der Waals surface area contributed by atoms with Gasteiger partial charge < -0.3 is 4.98 Å². The Bertz CT molecular complexity index is 278. The van der Waals surface area contributed by atoms with Crippen LogP contribution in [0.5, 0.6) is 0 Å². The third-order valence-electron chi connectivity index (χ3n) is 2.41. The molecular formula is C8H11BrN2S. The van der Waals surface area contributed by atoms with Gasteiger partial charge in [0.15, 0.2) is 4.73 Å². The molecule has 0 aromatic carbocycles. The number of hydrogen-bond acceptors (Lipinski definition) is 2. The highest BCUT2D eigenvalue weighted by Crippen LogP contribution is 2.37. The number of halogens is 1. The summed E-state index contributed by atoms with van der Waals surface area (Å²) in [5, 5.41) is 0. The summed E-state index contributed by atoms with van der Waals surface area (Å²) in [6.45, 7) is 2.30. The molecule has 0 saturated carbocycles. The Labute approximate surface area is 84.7 Å². The van der Waals surface area contributed by atoms with Crippen LogP contribution >= 0.6 is 27.7 Å². The molecule has 0 spiro atoms. The molecule has 2 heterocycles. The van der Waals surface area contributed by atoms with E-state index in [1.807, 2.05) is 18.0 Å². The molecule has 0 bridgehead atoms. The molecule has 0 radical (unpaired) electrons. The van der Waals surface area contributed by atoms with Crippen molar-refractivity contribution >= 4 is 27.7 Å². The molecule has 1 N–H and O–H groups in total. The van der Waals surface area contributed by atoms with Crippen LogP contribution in [0, 0.1) is 0 Å². The van der Waals surface area contributed by atoms with Crippen LogP contribution in [0.3, 0.4) is 0 Å². The highest BCUT2D eigenvalue weighted by Gasteiger charge is 2.32. The van der Waals surface area contributed by atoms with Gasteiger partial charge in [0.25, 0.3) is 0 Å². The van der Waals surface area contributed by atoms with Crippen molar-refractivity contribution in [2.45, 2.75) is 18.8 Å².